The summed E-state index contributed by atoms with van der Waals surface area (Å²) in [6, 6.07) is 85.6. The third-order valence-corrected chi connectivity index (χ3v) is 11.1. The summed E-state index contributed by atoms with van der Waals surface area (Å²) in [6.07, 6.45) is 0. The maximum absolute atomic E-state index is 2.43. The van der Waals surface area contributed by atoms with Gasteiger partial charge in [-0.05, 0) is 98.9 Å². The van der Waals surface area contributed by atoms with Gasteiger partial charge in [-0.1, -0.05) is 176 Å². The van der Waals surface area contributed by atoms with E-state index in [2.05, 4.69) is 246 Å². The van der Waals surface area contributed by atoms with Crippen LogP contribution in [0.2, 0.25) is 0 Å². The quantitative estimate of drug-likeness (QED) is 0.108. The smallest absolute Gasteiger partial charge is 0.0546 e. The molecule has 0 aliphatic heterocycles. The number of rotatable bonds is 9. The average Bonchev–Trinajstić information content (AvgIpc) is 3.29. The normalized spacial score (nSPS) is 11.3. The second kappa shape index (κ2) is 15.0. The van der Waals surface area contributed by atoms with Crippen molar-refractivity contribution in [2.24, 2.45) is 0 Å². The van der Waals surface area contributed by atoms with Gasteiger partial charge in [0, 0.05) is 39.4 Å². The Morgan fingerprint density at radius 1 is 0.228 bits per heavy atom. The maximum Gasteiger partial charge on any atom is 0.0546 e. The van der Waals surface area contributed by atoms with E-state index >= 15 is 0 Å². The highest BCUT2D eigenvalue weighted by Crippen LogP contribution is 2.47. The molecule has 2 heteroatoms. The Kier molecular flexibility index (Phi) is 8.98. The van der Waals surface area contributed by atoms with Crippen molar-refractivity contribution in [3.05, 3.63) is 253 Å². The first-order valence-electron chi connectivity index (χ1n) is 19.6. The van der Waals surface area contributed by atoms with Gasteiger partial charge in [-0.2, -0.15) is 0 Å². The molecule has 0 bridgehead atoms. The Morgan fingerprint density at radius 2 is 0.509 bits per heavy atom. The van der Waals surface area contributed by atoms with E-state index in [1.165, 1.54) is 49.0 Å². The van der Waals surface area contributed by atoms with Gasteiger partial charge in [0.05, 0.1) is 11.4 Å². The molecule has 0 saturated heterocycles. The molecule has 0 aromatic heterocycles. The molecule has 0 heterocycles. The van der Waals surface area contributed by atoms with Gasteiger partial charge in [-0.15, -0.1) is 0 Å². The standard InChI is InChI=1S/C55H40N2/c1-6-20-40(21-7-1)55(41-22-8-2-9-23-41)42-34-36-46(37-35-42)57(45-28-14-5-15-29-45)54-39-52-47-30-16-18-32-49(47)53(38-51(52)48-31-17-19-33-50(48)54)56(43-24-10-3-11-25-43)44-26-12-4-13-27-44/h1-39,55H. The maximum atomic E-state index is 2.43. The van der Waals surface area contributed by atoms with E-state index in [4.69, 9.17) is 0 Å². The largest absolute Gasteiger partial charge is 0.310 e. The van der Waals surface area contributed by atoms with Gasteiger partial charge >= 0.3 is 0 Å². The summed E-state index contributed by atoms with van der Waals surface area (Å²) in [4.78, 5) is 4.81. The minimum atomic E-state index is 0.125. The average molecular weight is 729 g/mol. The fourth-order valence-corrected chi connectivity index (χ4v) is 8.55. The summed E-state index contributed by atoms with van der Waals surface area (Å²) in [5.74, 6) is 0.125. The summed E-state index contributed by atoms with van der Waals surface area (Å²) in [7, 11) is 0. The lowest BCUT2D eigenvalue weighted by molar-refractivity contribution is 0.977. The van der Waals surface area contributed by atoms with Crippen molar-refractivity contribution < 1.29 is 0 Å². The second-order valence-electron chi connectivity index (χ2n) is 14.5. The van der Waals surface area contributed by atoms with Crippen molar-refractivity contribution in [3.63, 3.8) is 0 Å². The molecule has 10 rings (SSSR count). The monoisotopic (exact) mass is 728 g/mol. The highest BCUT2D eigenvalue weighted by atomic mass is 15.1. The van der Waals surface area contributed by atoms with Crippen LogP contribution >= 0.6 is 0 Å². The number of anilines is 6. The van der Waals surface area contributed by atoms with Crippen molar-refractivity contribution in [1.82, 2.24) is 0 Å². The van der Waals surface area contributed by atoms with E-state index in [1.54, 1.807) is 0 Å². The van der Waals surface area contributed by atoms with E-state index in [0.717, 1.165) is 34.1 Å². The lowest BCUT2D eigenvalue weighted by atomic mass is 9.85. The van der Waals surface area contributed by atoms with Crippen molar-refractivity contribution in [3.8, 4) is 0 Å². The molecule has 57 heavy (non-hydrogen) atoms. The SMILES string of the molecule is c1ccc(C(c2ccccc2)c2ccc(N(c3ccccc3)c3cc4c5ccccc5c(N(c5ccccc5)c5ccccc5)cc4c4ccccc34)cc2)cc1. The minimum Gasteiger partial charge on any atom is -0.310 e. The molecule has 0 spiro atoms. The summed E-state index contributed by atoms with van der Waals surface area (Å²) < 4.78 is 0. The number of hydrogen-bond donors (Lipinski definition) is 0. The Morgan fingerprint density at radius 3 is 0.877 bits per heavy atom. The molecule has 0 amide bonds. The Bertz CT molecular complexity index is 2850. The highest BCUT2D eigenvalue weighted by Gasteiger charge is 2.23. The van der Waals surface area contributed by atoms with Gasteiger partial charge in [-0.25, -0.2) is 0 Å². The van der Waals surface area contributed by atoms with E-state index in [-0.39, 0.29) is 5.92 Å². The number of nitrogens with zero attached hydrogens (tertiary/aromatic N) is 2. The molecule has 0 saturated carbocycles. The van der Waals surface area contributed by atoms with Crippen LogP contribution in [0.15, 0.2) is 237 Å². The summed E-state index contributed by atoms with van der Waals surface area (Å²) >= 11 is 0. The van der Waals surface area contributed by atoms with Gasteiger partial charge in [0.25, 0.3) is 0 Å². The lowest BCUT2D eigenvalue weighted by Gasteiger charge is -2.30. The van der Waals surface area contributed by atoms with Crippen LogP contribution in [-0.4, -0.2) is 0 Å². The Balaban J connectivity index is 1.19. The molecule has 0 atom stereocenters. The predicted octanol–water partition coefficient (Wildman–Crippen LogP) is 15.3. The molecule has 10 aromatic carbocycles. The zero-order valence-corrected chi connectivity index (χ0v) is 31.5. The molecule has 10 aromatic rings. The van der Waals surface area contributed by atoms with Gasteiger partial charge in [0.15, 0.2) is 0 Å². The Labute approximate surface area is 334 Å². The molecule has 0 aliphatic carbocycles. The van der Waals surface area contributed by atoms with E-state index in [1.807, 2.05) is 0 Å². The molecule has 2 nitrogen and oxygen atoms in total. The fourth-order valence-electron chi connectivity index (χ4n) is 8.55. The number of fused-ring (bicyclic) bond motifs is 5. The second-order valence-corrected chi connectivity index (χ2v) is 14.5. The topological polar surface area (TPSA) is 6.48 Å². The number of benzene rings is 10. The zero-order valence-electron chi connectivity index (χ0n) is 31.5. The first kappa shape index (κ1) is 34.1. The third-order valence-electron chi connectivity index (χ3n) is 11.1. The minimum absolute atomic E-state index is 0.125. The zero-order chi connectivity index (χ0) is 38.0. The molecule has 270 valence electrons. The summed E-state index contributed by atoms with van der Waals surface area (Å²) in [6.45, 7) is 0. The van der Waals surface area contributed by atoms with Gasteiger partial charge in [0.2, 0.25) is 0 Å². The molecular weight excluding hydrogens is 689 g/mol. The molecule has 0 N–H and O–H groups in total. The van der Waals surface area contributed by atoms with E-state index < -0.39 is 0 Å². The van der Waals surface area contributed by atoms with Crippen LogP contribution in [0.3, 0.4) is 0 Å². The van der Waals surface area contributed by atoms with Gasteiger partial charge in [0.1, 0.15) is 0 Å². The van der Waals surface area contributed by atoms with Crippen LogP contribution in [0, 0.1) is 0 Å². The van der Waals surface area contributed by atoms with Crippen molar-refractivity contribution >= 4 is 66.4 Å². The third kappa shape index (κ3) is 6.38. The first-order valence-corrected chi connectivity index (χ1v) is 19.6. The summed E-state index contributed by atoms with van der Waals surface area (Å²) in [5.41, 5.74) is 10.6. The van der Waals surface area contributed by atoms with E-state index in [9.17, 15) is 0 Å². The number of hydrogen-bond acceptors (Lipinski definition) is 2. The fraction of sp³-hybridized carbons (Fsp3) is 0.0182. The Hall–Kier alpha value is -7.42. The van der Waals surface area contributed by atoms with Gasteiger partial charge < -0.3 is 9.80 Å². The lowest BCUT2D eigenvalue weighted by Crippen LogP contribution is -2.12. The number of para-hydroxylation sites is 3. The molecule has 0 fully saturated rings. The predicted molar refractivity (Wildman–Crippen MR) is 242 cm³/mol. The molecule has 0 radical (unpaired) electrons. The van der Waals surface area contributed by atoms with Crippen molar-refractivity contribution in [2.75, 3.05) is 9.80 Å². The van der Waals surface area contributed by atoms with Crippen LogP contribution in [0.1, 0.15) is 22.6 Å². The van der Waals surface area contributed by atoms with E-state index in [0.29, 0.717) is 0 Å². The molecular formula is C55H40N2. The van der Waals surface area contributed by atoms with Crippen LogP contribution in [-0.2, 0) is 0 Å². The van der Waals surface area contributed by atoms with Crippen molar-refractivity contribution in [2.45, 2.75) is 5.92 Å². The van der Waals surface area contributed by atoms with Gasteiger partial charge in [-0.3, -0.25) is 0 Å². The van der Waals surface area contributed by atoms with Crippen LogP contribution in [0.25, 0.3) is 32.3 Å². The first-order chi connectivity index (χ1) is 28.3. The van der Waals surface area contributed by atoms with Crippen LogP contribution < -0.4 is 9.80 Å². The van der Waals surface area contributed by atoms with Crippen LogP contribution in [0.4, 0.5) is 34.1 Å². The molecule has 0 unspecified atom stereocenters. The molecule has 0 aliphatic rings. The van der Waals surface area contributed by atoms with Crippen LogP contribution in [0.5, 0.6) is 0 Å². The van der Waals surface area contributed by atoms with Crippen molar-refractivity contribution in [1.29, 1.82) is 0 Å². The highest BCUT2D eigenvalue weighted by molar-refractivity contribution is 6.24. The summed E-state index contributed by atoms with van der Waals surface area (Å²) in [5, 5.41) is 7.25.